The van der Waals surface area contributed by atoms with Crippen LogP contribution in [0.4, 0.5) is 0 Å². The molecule has 2 rings (SSSR count). The van der Waals surface area contributed by atoms with Crippen molar-refractivity contribution in [2.24, 2.45) is 0 Å². The highest BCUT2D eigenvalue weighted by atomic mass is 79.9. The maximum absolute atomic E-state index is 9.36. The van der Waals surface area contributed by atoms with Crippen LogP contribution in [0.5, 0.6) is 0 Å². The van der Waals surface area contributed by atoms with Gasteiger partial charge in [0.05, 0.1) is 23.8 Å². The van der Waals surface area contributed by atoms with Crippen molar-refractivity contribution in [3.05, 3.63) is 16.9 Å². The second-order valence-corrected chi connectivity index (χ2v) is 5.63. The summed E-state index contributed by atoms with van der Waals surface area (Å²) < 4.78 is 2.91. The summed E-state index contributed by atoms with van der Waals surface area (Å²) in [6, 6.07) is 0.319. The molecule has 90 valence electrons. The summed E-state index contributed by atoms with van der Waals surface area (Å²) in [5, 5.41) is 17.1. The van der Waals surface area contributed by atoms with Gasteiger partial charge in [0.2, 0.25) is 0 Å². The van der Waals surface area contributed by atoms with E-state index in [1.807, 2.05) is 10.9 Å². The third kappa shape index (κ3) is 2.64. The molecular formula is C11H18BrN3O. The molecule has 0 aliphatic heterocycles. The van der Waals surface area contributed by atoms with E-state index in [9.17, 15) is 5.11 Å². The Morgan fingerprint density at radius 2 is 2.44 bits per heavy atom. The fourth-order valence-electron chi connectivity index (χ4n) is 2.24. The van der Waals surface area contributed by atoms with Crippen LogP contribution in [-0.4, -0.2) is 33.1 Å². The van der Waals surface area contributed by atoms with E-state index in [0.717, 1.165) is 23.9 Å². The highest BCUT2D eigenvalue weighted by Gasteiger charge is 2.36. The molecule has 4 nitrogen and oxygen atoms in total. The Morgan fingerprint density at radius 3 is 2.88 bits per heavy atom. The quantitative estimate of drug-likeness (QED) is 0.864. The molecule has 1 atom stereocenters. The number of nitrogens with one attached hydrogen (secondary N) is 1. The van der Waals surface area contributed by atoms with Gasteiger partial charge in [-0.15, -0.1) is 0 Å². The average molecular weight is 288 g/mol. The van der Waals surface area contributed by atoms with Crippen LogP contribution >= 0.6 is 15.9 Å². The lowest BCUT2D eigenvalue weighted by Gasteiger charge is -2.43. The summed E-state index contributed by atoms with van der Waals surface area (Å²) in [4.78, 5) is 0. The van der Waals surface area contributed by atoms with Crippen LogP contribution < -0.4 is 5.32 Å². The number of hydrogen-bond donors (Lipinski definition) is 2. The standard InChI is InChI=1S/C11H18BrN3O/c1-9(6-15-7-10(12)5-13-15)14-11(8-16)3-2-4-11/h5,7,9,14,16H,2-4,6,8H2,1H3. The number of nitrogens with zero attached hydrogens (tertiary/aromatic N) is 2. The van der Waals surface area contributed by atoms with Gasteiger partial charge >= 0.3 is 0 Å². The molecule has 0 amide bonds. The van der Waals surface area contributed by atoms with Gasteiger partial charge in [0.25, 0.3) is 0 Å². The minimum atomic E-state index is -0.0240. The number of hydrogen-bond acceptors (Lipinski definition) is 3. The second-order valence-electron chi connectivity index (χ2n) is 4.72. The van der Waals surface area contributed by atoms with Crippen molar-refractivity contribution in [2.45, 2.75) is 44.3 Å². The molecule has 0 bridgehead atoms. The van der Waals surface area contributed by atoms with Crippen LogP contribution in [0.25, 0.3) is 0 Å². The normalized spacial score (nSPS) is 20.4. The molecule has 1 heterocycles. The number of aliphatic hydroxyl groups is 1. The topological polar surface area (TPSA) is 50.1 Å². The van der Waals surface area contributed by atoms with Crippen LogP contribution in [0.3, 0.4) is 0 Å². The Balaban J connectivity index is 1.86. The first-order chi connectivity index (χ1) is 7.63. The Morgan fingerprint density at radius 1 is 1.69 bits per heavy atom. The molecule has 1 aromatic heterocycles. The number of halogens is 1. The summed E-state index contributed by atoms with van der Waals surface area (Å²) in [5.74, 6) is 0. The minimum Gasteiger partial charge on any atom is -0.394 e. The van der Waals surface area contributed by atoms with E-state index >= 15 is 0 Å². The molecule has 0 aromatic carbocycles. The van der Waals surface area contributed by atoms with Crippen molar-refractivity contribution in [1.82, 2.24) is 15.1 Å². The summed E-state index contributed by atoms with van der Waals surface area (Å²) in [6.45, 7) is 3.19. The van der Waals surface area contributed by atoms with Crippen LogP contribution in [0.1, 0.15) is 26.2 Å². The molecule has 1 aliphatic carbocycles. The summed E-state index contributed by atoms with van der Waals surface area (Å²) in [5.41, 5.74) is -0.0240. The summed E-state index contributed by atoms with van der Waals surface area (Å²) >= 11 is 3.38. The van der Waals surface area contributed by atoms with Gasteiger partial charge in [-0.25, -0.2) is 0 Å². The van der Waals surface area contributed by atoms with E-state index in [-0.39, 0.29) is 12.1 Å². The van der Waals surface area contributed by atoms with Crippen LogP contribution in [0, 0.1) is 0 Å². The summed E-state index contributed by atoms with van der Waals surface area (Å²) in [7, 11) is 0. The van der Waals surface area contributed by atoms with Crippen LogP contribution in [-0.2, 0) is 6.54 Å². The van der Waals surface area contributed by atoms with Crippen molar-refractivity contribution < 1.29 is 5.11 Å². The fourth-order valence-corrected chi connectivity index (χ4v) is 2.57. The van der Waals surface area contributed by atoms with E-state index < -0.39 is 0 Å². The zero-order valence-electron chi connectivity index (χ0n) is 9.49. The maximum atomic E-state index is 9.36. The molecule has 1 unspecified atom stereocenters. The molecule has 16 heavy (non-hydrogen) atoms. The van der Waals surface area contributed by atoms with Gasteiger partial charge in [-0.3, -0.25) is 4.68 Å². The van der Waals surface area contributed by atoms with Crippen molar-refractivity contribution in [3.63, 3.8) is 0 Å². The van der Waals surface area contributed by atoms with Crippen LogP contribution in [0.2, 0.25) is 0 Å². The molecule has 0 radical (unpaired) electrons. The maximum Gasteiger partial charge on any atom is 0.0632 e. The molecule has 0 saturated heterocycles. The first-order valence-electron chi connectivity index (χ1n) is 5.70. The lowest BCUT2D eigenvalue weighted by atomic mass is 9.77. The second kappa shape index (κ2) is 4.85. The smallest absolute Gasteiger partial charge is 0.0632 e. The van der Waals surface area contributed by atoms with Crippen molar-refractivity contribution in [1.29, 1.82) is 0 Å². The molecular weight excluding hydrogens is 270 g/mol. The Hall–Kier alpha value is -0.390. The Kier molecular flexibility index (Phi) is 3.66. The van der Waals surface area contributed by atoms with Gasteiger partial charge < -0.3 is 10.4 Å². The predicted octanol–water partition coefficient (Wildman–Crippen LogP) is 1.54. The Bertz CT molecular complexity index is 343. The van der Waals surface area contributed by atoms with Crippen molar-refractivity contribution in [3.8, 4) is 0 Å². The molecule has 2 N–H and O–H groups in total. The number of aromatic nitrogens is 2. The van der Waals surface area contributed by atoms with Gasteiger partial charge in [0.1, 0.15) is 0 Å². The predicted molar refractivity (Wildman–Crippen MR) is 66.2 cm³/mol. The van der Waals surface area contributed by atoms with Gasteiger partial charge in [0, 0.05) is 17.8 Å². The van der Waals surface area contributed by atoms with Crippen molar-refractivity contribution >= 4 is 15.9 Å². The third-order valence-corrected chi connectivity index (χ3v) is 3.64. The summed E-state index contributed by atoms with van der Waals surface area (Å²) in [6.07, 6.45) is 7.13. The van der Waals surface area contributed by atoms with Crippen molar-refractivity contribution in [2.75, 3.05) is 6.61 Å². The molecule has 1 fully saturated rings. The lowest BCUT2D eigenvalue weighted by Crippen LogP contribution is -2.57. The number of aliphatic hydroxyl groups excluding tert-OH is 1. The van der Waals surface area contributed by atoms with E-state index in [4.69, 9.17) is 0 Å². The molecule has 0 spiro atoms. The van der Waals surface area contributed by atoms with Gasteiger partial charge in [0.15, 0.2) is 0 Å². The molecule has 1 aliphatic rings. The lowest BCUT2D eigenvalue weighted by molar-refractivity contribution is 0.0759. The van der Waals surface area contributed by atoms with E-state index in [1.165, 1.54) is 6.42 Å². The van der Waals surface area contributed by atoms with E-state index in [0.29, 0.717) is 6.04 Å². The molecule has 5 heteroatoms. The first kappa shape index (κ1) is 12.1. The van der Waals surface area contributed by atoms with Gasteiger partial charge in [-0.05, 0) is 42.1 Å². The third-order valence-electron chi connectivity index (χ3n) is 3.23. The van der Waals surface area contributed by atoms with E-state index in [2.05, 4.69) is 33.3 Å². The average Bonchev–Trinajstić information content (AvgIpc) is 2.57. The van der Waals surface area contributed by atoms with Crippen LogP contribution in [0.15, 0.2) is 16.9 Å². The van der Waals surface area contributed by atoms with Gasteiger partial charge in [-0.2, -0.15) is 5.10 Å². The van der Waals surface area contributed by atoms with Gasteiger partial charge in [-0.1, -0.05) is 0 Å². The first-order valence-corrected chi connectivity index (χ1v) is 6.49. The fraction of sp³-hybridized carbons (Fsp3) is 0.727. The highest BCUT2D eigenvalue weighted by Crippen LogP contribution is 2.31. The Labute approximate surface area is 104 Å². The monoisotopic (exact) mass is 287 g/mol. The zero-order chi connectivity index (χ0) is 11.6. The molecule has 1 saturated carbocycles. The number of rotatable bonds is 5. The van der Waals surface area contributed by atoms with E-state index in [1.54, 1.807) is 6.20 Å². The minimum absolute atomic E-state index is 0.0240. The highest BCUT2D eigenvalue weighted by molar-refractivity contribution is 9.10. The molecule has 1 aromatic rings. The largest absolute Gasteiger partial charge is 0.394 e. The zero-order valence-corrected chi connectivity index (χ0v) is 11.1. The SMILES string of the molecule is CC(Cn1cc(Br)cn1)NC1(CO)CCC1.